The van der Waals surface area contributed by atoms with Crippen LogP contribution >= 0.6 is 0 Å². The third-order valence-electron chi connectivity index (χ3n) is 3.93. The molecule has 1 aromatic rings. The molecular formula is C14H22N4O3. The fourth-order valence-electron chi connectivity index (χ4n) is 2.74. The van der Waals surface area contributed by atoms with Gasteiger partial charge in [-0.25, -0.2) is 14.6 Å². The van der Waals surface area contributed by atoms with Crippen LogP contribution in [0.3, 0.4) is 0 Å². The van der Waals surface area contributed by atoms with Crippen LogP contribution in [0.15, 0.2) is 12.5 Å². The third kappa shape index (κ3) is 3.96. The van der Waals surface area contributed by atoms with Gasteiger partial charge in [-0.3, -0.25) is 0 Å². The summed E-state index contributed by atoms with van der Waals surface area (Å²) >= 11 is 0. The Bertz CT molecular complexity index is 475. The van der Waals surface area contributed by atoms with Crippen molar-refractivity contribution in [1.82, 2.24) is 20.2 Å². The number of imidazole rings is 1. The lowest BCUT2D eigenvalue weighted by atomic mass is 10.0. The molecule has 2 atom stereocenters. The lowest BCUT2D eigenvalue weighted by molar-refractivity contribution is -0.139. The highest BCUT2D eigenvalue weighted by atomic mass is 16.4. The zero-order valence-electron chi connectivity index (χ0n) is 12.2. The fraction of sp³-hybridized carbons (Fsp3) is 0.643. The van der Waals surface area contributed by atoms with E-state index in [2.05, 4.69) is 22.2 Å². The normalized spacial score (nSPS) is 20.0. The Kier molecular flexibility index (Phi) is 5.19. The fourth-order valence-corrected chi connectivity index (χ4v) is 2.74. The summed E-state index contributed by atoms with van der Waals surface area (Å²) < 4.78 is 0. The number of piperidine rings is 1. The summed E-state index contributed by atoms with van der Waals surface area (Å²) in [5.41, 5.74) is 0.688. The van der Waals surface area contributed by atoms with Gasteiger partial charge in [0.2, 0.25) is 0 Å². The minimum absolute atomic E-state index is 0.200. The molecule has 2 heterocycles. The number of nitrogens with one attached hydrogen (secondary N) is 2. The quantitative estimate of drug-likeness (QED) is 0.764. The van der Waals surface area contributed by atoms with E-state index >= 15 is 0 Å². The zero-order chi connectivity index (χ0) is 15.2. The first kappa shape index (κ1) is 15.3. The third-order valence-corrected chi connectivity index (χ3v) is 3.93. The van der Waals surface area contributed by atoms with Gasteiger partial charge >= 0.3 is 12.0 Å². The summed E-state index contributed by atoms with van der Waals surface area (Å²) in [7, 11) is 0. The summed E-state index contributed by atoms with van der Waals surface area (Å²) in [6, 6.07) is -1.02. The Labute approximate surface area is 123 Å². The van der Waals surface area contributed by atoms with Gasteiger partial charge in [0.25, 0.3) is 0 Å². The molecule has 0 aliphatic carbocycles. The van der Waals surface area contributed by atoms with Gasteiger partial charge in [0.15, 0.2) is 0 Å². The van der Waals surface area contributed by atoms with Gasteiger partial charge in [-0.15, -0.1) is 0 Å². The number of aliphatic carboxylic acids is 1. The summed E-state index contributed by atoms with van der Waals surface area (Å²) in [4.78, 5) is 32.1. The van der Waals surface area contributed by atoms with Crippen molar-refractivity contribution in [2.45, 2.75) is 51.1 Å². The lowest BCUT2D eigenvalue weighted by Gasteiger charge is -2.35. The van der Waals surface area contributed by atoms with Gasteiger partial charge in [-0.1, -0.05) is 6.92 Å². The van der Waals surface area contributed by atoms with Crippen LogP contribution in [0.5, 0.6) is 0 Å². The number of hydrogen-bond donors (Lipinski definition) is 3. The molecule has 21 heavy (non-hydrogen) atoms. The number of amides is 2. The Morgan fingerprint density at radius 3 is 3.00 bits per heavy atom. The van der Waals surface area contributed by atoms with Crippen LogP contribution in [-0.2, 0) is 11.2 Å². The molecular weight excluding hydrogens is 272 g/mol. The SMILES string of the molecule is CCC1CCCCN1C(=O)N[C@H](Cc1cnc[nH]1)C(=O)O. The predicted molar refractivity (Wildman–Crippen MR) is 76.9 cm³/mol. The number of carboxylic acids is 1. The van der Waals surface area contributed by atoms with Crippen LogP contribution in [0.1, 0.15) is 38.3 Å². The van der Waals surface area contributed by atoms with Crippen LogP contribution in [-0.4, -0.2) is 50.6 Å². The van der Waals surface area contributed by atoms with Crippen molar-refractivity contribution < 1.29 is 14.7 Å². The number of likely N-dealkylation sites (tertiary alicyclic amines) is 1. The molecule has 0 bridgehead atoms. The number of carbonyl (C=O) groups is 2. The molecule has 0 aromatic carbocycles. The van der Waals surface area contributed by atoms with E-state index in [-0.39, 0.29) is 18.5 Å². The molecule has 7 heteroatoms. The number of hydrogen-bond acceptors (Lipinski definition) is 3. The zero-order valence-corrected chi connectivity index (χ0v) is 12.2. The summed E-state index contributed by atoms with van der Waals surface area (Å²) in [5.74, 6) is -1.04. The number of carboxylic acid groups (broad SMARTS) is 1. The number of urea groups is 1. The number of aromatic nitrogens is 2. The monoisotopic (exact) mass is 294 g/mol. The van der Waals surface area contributed by atoms with E-state index in [1.54, 1.807) is 11.1 Å². The van der Waals surface area contributed by atoms with Crippen molar-refractivity contribution >= 4 is 12.0 Å². The second kappa shape index (κ2) is 7.10. The van der Waals surface area contributed by atoms with Crippen LogP contribution in [0.4, 0.5) is 4.79 Å². The van der Waals surface area contributed by atoms with Crippen LogP contribution in [0, 0.1) is 0 Å². The van der Waals surface area contributed by atoms with Gasteiger partial charge in [0.1, 0.15) is 6.04 Å². The minimum atomic E-state index is -1.04. The van der Waals surface area contributed by atoms with Crippen molar-refractivity contribution in [3.63, 3.8) is 0 Å². The molecule has 3 N–H and O–H groups in total. The summed E-state index contributed by atoms with van der Waals surface area (Å²) in [5, 5.41) is 11.9. The van der Waals surface area contributed by atoms with Crippen molar-refractivity contribution in [1.29, 1.82) is 0 Å². The average Bonchev–Trinajstić information content (AvgIpc) is 2.99. The molecule has 116 valence electrons. The Hall–Kier alpha value is -2.05. The van der Waals surface area contributed by atoms with E-state index in [1.165, 1.54) is 6.33 Å². The first-order chi connectivity index (χ1) is 10.1. The molecule has 1 fully saturated rings. The van der Waals surface area contributed by atoms with Crippen molar-refractivity contribution in [3.05, 3.63) is 18.2 Å². The molecule has 0 spiro atoms. The standard InChI is InChI=1S/C14H22N4O3/c1-2-11-5-3-4-6-18(11)14(21)17-12(13(19)20)7-10-8-15-9-16-10/h8-9,11-12H,2-7H2,1H3,(H,15,16)(H,17,21)(H,19,20)/t11?,12-/m1/s1. The smallest absolute Gasteiger partial charge is 0.326 e. The molecule has 7 nitrogen and oxygen atoms in total. The van der Waals surface area contributed by atoms with E-state index in [1.807, 2.05) is 0 Å². The summed E-state index contributed by atoms with van der Waals surface area (Å²) in [6.45, 7) is 2.75. The molecule has 1 aliphatic heterocycles. The molecule has 0 radical (unpaired) electrons. The van der Waals surface area contributed by atoms with E-state index < -0.39 is 12.0 Å². The van der Waals surface area contributed by atoms with E-state index in [0.717, 1.165) is 25.7 Å². The van der Waals surface area contributed by atoms with Crippen molar-refractivity contribution in [2.24, 2.45) is 0 Å². The summed E-state index contributed by atoms with van der Waals surface area (Å²) in [6.07, 6.45) is 7.24. The Balaban J connectivity index is 1.98. The number of rotatable bonds is 5. The number of nitrogens with zero attached hydrogens (tertiary/aromatic N) is 2. The van der Waals surface area contributed by atoms with E-state index in [4.69, 9.17) is 0 Å². The Morgan fingerprint density at radius 1 is 1.57 bits per heavy atom. The van der Waals surface area contributed by atoms with Gasteiger partial charge < -0.3 is 20.3 Å². The maximum Gasteiger partial charge on any atom is 0.326 e. The molecule has 2 amide bonds. The van der Waals surface area contributed by atoms with Crippen LogP contribution in [0.25, 0.3) is 0 Å². The first-order valence-corrected chi connectivity index (χ1v) is 7.39. The van der Waals surface area contributed by atoms with E-state index in [9.17, 15) is 14.7 Å². The second-order valence-corrected chi connectivity index (χ2v) is 5.37. The molecule has 1 saturated heterocycles. The van der Waals surface area contributed by atoms with Crippen LogP contribution in [0.2, 0.25) is 0 Å². The Morgan fingerprint density at radius 2 is 2.38 bits per heavy atom. The van der Waals surface area contributed by atoms with E-state index in [0.29, 0.717) is 12.2 Å². The first-order valence-electron chi connectivity index (χ1n) is 7.39. The molecule has 1 unspecified atom stereocenters. The molecule has 1 aromatic heterocycles. The van der Waals surface area contributed by atoms with Crippen LogP contribution < -0.4 is 5.32 Å². The molecule has 0 saturated carbocycles. The average molecular weight is 294 g/mol. The second-order valence-electron chi connectivity index (χ2n) is 5.37. The predicted octanol–water partition coefficient (Wildman–Crippen LogP) is 1.38. The maximum atomic E-state index is 12.3. The lowest BCUT2D eigenvalue weighted by Crippen LogP contribution is -2.53. The van der Waals surface area contributed by atoms with Gasteiger partial charge in [-0.2, -0.15) is 0 Å². The van der Waals surface area contributed by atoms with Gasteiger partial charge in [-0.05, 0) is 25.7 Å². The number of carbonyl (C=O) groups excluding carboxylic acids is 1. The minimum Gasteiger partial charge on any atom is -0.480 e. The van der Waals surface area contributed by atoms with Crippen molar-refractivity contribution in [2.75, 3.05) is 6.54 Å². The highest BCUT2D eigenvalue weighted by Gasteiger charge is 2.29. The van der Waals surface area contributed by atoms with Gasteiger partial charge in [0, 0.05) is 30.9 Å². The molecule has 2 rings (SSSR count). The highest BCUT2D eigenvalue weighted by molar-refractivity contribution is 5.83. The maximum absolute atomic E-state index is 12.3. The molecule has 1 aliphatic rings. The van der Waals surface area contributed by atoms with Gasteiger partial charge in [0.05, 0.1) is 6.33 Å². The van der Waals surface area contributed by atoms with Crippen molar-refractivity contribution in [3.8, 4) is 0 Å². The topological polar surface area (TPSA) is 98.3 Å². The number of aromatic amines is 1. The largest absolute Gasteiger partial charge is 0.480 e. The highest BCUT2D eigenvalue weighted by Crippen LogP contribution is 2.19. The number of H-pyrrole nitrogens is 1.